The van der Waals surface area contributed by atoms with Gasteiger partial charge in [0.2, 0.25) is 5.91 Å². The summed E-state index contributed by atoms with van der Waals surface area (Å²) in [5.74, 6) is -0.473. The van der Waals surface area contributed by atoms with E-state index in [2.05, 4.69) is 15.5 Å². The Hall–Kier alpha value is -2.38. The number of anilines is 1. The summed E-state index contributed by atoms with van der Waals surface area (Å²) in [4.78, 5) is 36.8. The van der Waals surface area contributed by atoms with E-state index >= 15 is 0 Å². The predicted molar refractivity (Wildman–Crippen MR) is 61.7 cm³/mol. The number of nitrogens with one attached hydrogen (secondary N) is 2. The fraction of sp³-hybridized carbons (Fsp3) is 0.400. The molecule has 2 rings (SSSR count). The number of aromatic amines is 1. The van der Waals surface area contributed by atoms with Crippen molar-refractivity contribution in [1.29, 1.82) is 0 Å². The Morgan fingerprint density at radius 1 is 1.56 bits per heavy atom. The average molecular weight is 251 g/mol. The number of hydrogen-bond donors (Lipinski definition) is 2. The van der Waals surface area contributed by atoms with Crippen LogP contribution in [-0.4, -0.2) is 58.0 Å². The zero-order chi connectivity index (χ0) is 13.3. The maximum Gasteiger partial charge on any atom is 0.327 e. The van der Waals surface area contributed by atoms with E-state index in [-0.39, 0.29) is 19.0 Å². The van der Waals surface area contributed by atoms with Crippen molar-refractivity contribution in [3.63, 3.8) is 0 Å². The zero-order valence-corrected chi connectivity index (χ0v) is 10.1. The minimum atomic E-state index is -0.464. The molecule has 0 saturated carbocycles. The first-order valence-corrected chi connectivity index (χ1v) is 5.34. The van der Waals surface area contributed by atoms with Gasteiger partial charge in [0.05, 0.1) is 0 Å². The molecular formula is C10H13N5O3. The van der Waals surface area contributed by atoms with E-state index in [0.717, 1.165) is 10.6 Å². The number of carbonyl (C=O) groups is 3. The van der Waals surface area contributed by atoms with Crippen molar-refractivity contribution in [3.8, 4) is 0 Å². The first kappa shape index (κ1) is 12.1. The van der Waals surface area contributed by atoms with Crippen LogP contribution < -0.4 is 5.32 Å². The van der Waals surface area contributed by atoms with Crippen LogP contribution in [0.3, 0.4) is 0 Å². The second kappa shape index (κ2) is 4.47. The Bertz CT molecular complexity index is 509. The number of imide groups is 1. The zero-order valence-electron chi connectivity index (χ0n) is 10.1. The quantitative estimate of drug-likeness (QED) is 0.711. The highest BCUT2D eigenvalue weighted by molar-refractivity contribution is 6.06. The molecule has 0 radical (unpaired) electrons. The Kier molecular flexibility index (Phi) is 3.00. The molecular weight excluding hydrogens is 238 g/mol. The highest BCUT2D eigenvalue weighted by Gasteiger charge is 2.34. The minimum absolute atomic E-state index is 0.00757. The predicted octanol–water partition coefficient (Wildman–Crippen LogP) is -0.449. The molecule has 0 aliphatic carbocycles. The van der Waals surface area contributed by atoms with Crippen LogP contribution in [0.25, 0.3) is 0 Å². The van der Waals surface area contributed by atoms with E-state index in [1.807, 2.05) is 0 Å². The third-order valence-electron chi connectivity index (χ3n) is 2.51. The van der Waals surface area contributed by atoms with Gasteiger partial charge in [0.25, 0.3) is 5.91 Å². The number of H-pyrrole nitrogens is 1. The molecule has 1 aromatic heterocycles. The Morgan fingerprint density at radius 2 is 2.28 bits per heavy atom. The highest BCUT2D eigenvalue weighted by Crippen LogP contribution is 2.08. The summed E-state index contributed by atoms with van der Waals surface area (Å²) in [5, 5.41) is 9.00. The van der Waals surface area contributed by atoms with Crippen LogP contribution >= 0.6 is 0 Å². The van der Waals surface area contributed by atoms with E-state index in [4.69, 9.17) is 0 Å². The summed E-state index contributed by atoms with van der Waals surface area (Å²) in [6.45, 7) is 1.51. The van der Waals surface area contributed by atoms with Gasteiger partial charge in [-0.1, -0.05) is 0 Å². The van der Waals surface area contributed by atoms with E-state index in [0.29, 0.717) is 5.82 Å². The molecule has 96 valence electrons. The van der Waals surface area contributed by atoms with Gasteiger partial charge in [-0.05, 0) is 6.92 Å². The van der Waals surface area contributed by atoms with Crippen molar-refractivity contribution in [3.05, 3.63) is 11.8 Å². The maximum absolute atomic E-state index is 11.6. The average Bonchev–Trinajstić information content (AvgIpc) is 2.78. The van der Waals surface area contributed by atoms with Gasteiger partial charge in [-0.3, -0.25) is 19.6 Å². The molecule has 4 amide bonds. The van der Waals surface area contributed by atoms with Crippen molar-refractivity contribution in [1.82, 2.24) is 20.0 Å². The van der Waals surface area contributed by atoms with Gasteiger partial charge in [0, 0.05) is 18.8 Å². The monoisotopic (exact) mass is 251 g/mol. The van der Waals surface area contributed by atoms with Crippen LogP contribution in [0.2, 0.25) is 0 Å². The fourth-order valence-corrected chi connectivity index (χ4v) is 1.63. The molecule has 8 nitrogen and oxygen atoms in total. The summed E-state index contributed by atoms with van der Waals surface area (Å²) < 4.78 is 0. The van der Waals surface area contributed by atoms with Crippen LogP contribution in [-0.2, 0) is 9.59 Å². The van der Waals surface area contributed by atoms with Gasteiger partial charge in [-0.15, -0.1) is 0 Å². The molecule has 2 N–H and O–H groups in total. The first-order valence-electron chi connectivity index (χ1n) is 5.34. The summed E-state index contributed by atoms with van der Waals surface area (Å²) >= 11 is 0. The molecule has 0 bridgehead atoms. The van der Waals surface area contributed by atoms with Gasteiger partial charge in [-0.25, -0.2) is 4.79 Å². The molecule has 2 heterocycles. The number of aromatic nitrogens is 2. The number of urea groups is 1. The van der Waals surface area contributed by atoms with Crippen molar-refractivity contribution >= 4 is 23.7 Å². The molecule has 1 aliphatic heterocycles. The van der Waals surface area contributed by atoms with Crippen molar-refractivity contribution in [2.45, 2.75) is 6.92 Å². The van der Waals surface area contributed by atoms with Gasteiger partial charge >= 0.3 is 6.03 Å². The van der Waals surface area contributed by atoms with Gasteiger partial charge in [0.15, 0.2) is 5.82 Å². The van der Waals surface area contributed by atoms with E-state index in [1.165, 1.54) is 11.9 Å². The number of amides is 4. The normalized spacial score (nSPS) is 15.4. The lowest BCUT2D eigenvalue weighted by Gasteiger charge is -2.12. The molecule has 0 spiro atoms. The van der Waals surface area contributed by atoms with Gasteiger partial charge in [-0.2, -0.15) is 5.10 Å². The largest absolute Gasteiger partial charge is 0.327 e. The number of rotatable bonds is 3. The molecule has 1 fully saturated rings. The summed E-state index contributed by atoms with van der Waals surface area (Å²) in [7, 11) is 1.51. The van der Waals surface area contributed by atoms with E-state index in [1.54, 1.807) is 13.0 Å². The number of carbonyl (C=O) groups excluding carboxylic acids is 3. The first-order chi connectivity index (χ1) is 8.47. The topological polar surface area (TPSA) is 98.4 Å². The third-order valence-corrected chi connectivity index (χ3v) is 2.51. The van der Waals surface area contributed by atoms with Crippen molar-refractivity contribution < 1.29 is 14.4 Å². The summed E-state index contributed by atoms with van der Waals surface area (Å²) in [6.07, 6.45) is 0. The molecule has 0 unspecified atom stereocenters. The van der Waals surface area contributed by atoms with Crippen LogP contribution in [0.1, 0.15) is 5.69 Å². The Labute approximate surface area is 103 Å². The molecule has 0 aromatic carbocycles. The fourth-order valence-electron chi connectivity index (χ4n) is 1.63. The lowest BCUT2D eigenvalue weighted by molar-refractivity contribution is -0.129. The summed E-state index contributed by atoms with van der Waals surface area (Å²) in [6, 6.07) is 1.19. The van der Waals surface area contributed by atoms with Gasteiger partial charge < -0.3 is 10.2 Å². The molecule has 8 heteroatoms. The van der Waals surface area contributed by atoms with Gasteiger partial charge in [0.1, 0.15) is 13.1 Å². The number of aryl methyl sites for hydroxylation is 1. The second-order valence-electron chi connectivity index (χ2n) is 4.10. The van der Waals surface area contributed by atoms with Crippen LogP contribution in [0.15, 0.2) is 6.07 Å². The van der Waals surface area contributed by atoms with Crippen LogP contribution in [0.4, 0.5) is 10.6 Å². The lowest BCUT2D eigenvalue weighted by Crippen LogP contribution is -2.38. The van der Waals surface area contributed by atoms with Crippen molar-refractivity contribution in [2.24, 2.45) is 0 Å². The van der Waals surface area contributed by atoms with Crippen LogP contribution in [0.5, 0.6) is 0 Å². The molecule has 1 aliphatic rings. The Balaban J connectivity index is 1.95. The lowest BCUT2D eigenvalue weighted by atomic mass is 10.4. The smallest absolute Gasteiger partial charge is 0.318 e. The molecule has 1 saturated heterocycles. The minimum Gasteiger partial charge on any atom is -0.318 e. The SMILES string of the molecule is Cc1cc(NC(=O)CN2C(=O)CN(C)C2=O)n[nH]1. The maximum atomic E-state index is 11.6. The number of nitrogens with zero attached hydrogens (tertiary/aromatic N) is 3. The third kappa shape index (κ3) is 2.31. The molecule has 18 heavy (non-hydrogen) atoms. The second-order valence-corrected chi connectivity index (χ2v) is 4.10. The summed E-state index contributed by atoms with van der Waals surface area (Å²) in [5.41, 5.74) is 0.804. The highest BCUT2D eigenvalue weighted by atomic mass is 16.2. The number of hydrogen-bond acceptors (Lipinski definition) is 4. The standard InChI is InChI=1S/C10H13N5O3/c1-6-3-7(13-12-6)11-8(16)4-15-9(17)5-14(2)10(15)18/h3H,4-5H2,1-2H3,(H2,11,12,13,16). The van der Waals surface area contributed by atoms with Crippen LogP contribution in [0, 0.1) is 6.92 Å². The molecule has 0 atom stereocenters. The van der Waals surface area contributed by atoms with E-state index in [9.17, 15) is 14.4 Å². The Morgan fingerprint density at radius 3 is 2.78 bits per heavy atom. The number of likely N-dealkylation sites (N-methyl/N-ethyl adjacent to an activating group) is 1. The molecule has 1 aromatic rings. The van der Waals surface area contributed by atoms with Crippen molar-refractivity contribution in [2.75, 3.05) is 25.5 Å². The van der Waals surface area contributed by atoms with E-state index < -0.39 is 11.9 Å².